The number of hydrogen-bond acceptors (Lipinski definition) is 5. The minimum Gasteiger partial charge on any atom is -0.493 e. The van der Waals surface area contributed by atoms with Crippen molar-refractivity contribution in [3.05, 3.63) is 18.0 Å². The number of nitrogens with one attached hydrogen (secondary N) is 3. The molecule has 1 aromatic heterocycles. The first-order valence-electron chi connectivity index (χ1n) is 15.1. The number of hydrogen-bond donors (Lipinski definition) is 3. The fourth-order valence-corrected chi connectivity index (χ4v) is 6.61. The fourth-order valence-electron chi connectivity index (χ4n) is 6.61. The normalized spacial score (nSPS) is 23.6. The third-order valence-corrected chi connectivity index (χ3v) is 9.00. The molecular weight excluding hydrogens is 462 g/mol. The molecule has 3 N–H and O–H groups in total. The highest BCUT2D eigenvalue weighted by molar-refractivity contribution is 5.92. The lowest BCUT2D eigenvalue weighted by molar-refractivity contribution is -0.926. The number of rotatable bonds is 10. The standard InChI is InChI=1S/C30H47N5O2/c1-22(2)35-17-12-24(13-18-35)31-30-25-20-27(36-3)28(37-19-9-16-34-14-7-8-15-34)21-26(25)32-29(33-30)23-10-5-4-6-11-23/h20-24H,4-19H2,1-3H3,(H,31,32,33)/p+2. The molecule has 1 saturated carbocycles. The van der Waals surface area contributed by atoms with Gasteiger partial charge < -0.3 is 24.6 Å². The van der Waals surface area contributed by atoms with Gasteiger partial charge in [0.2, 0.25) is 0 Å². The van der Waals surface area contributed by atoms with Gasteiger partial charge in [-0.05, 0) is 32.8 Å². The summed E-state index contributed by atoms with van der Waals surface area (Å²) in [7, 11) is 1.73. The van der Waals surface area contributed by atoms with Crippen LogP contribution in [-0.4, -0.2) is 68.5 Å². The van der Waals surface area contributed by atoms with Gasteiger partial charge >= 0.3 is 0 Å². The first-order chi connectivity index (χ1) is 18.1. The van der Waals surface area contributed by atoms with Crippen LogP contribution in [0.15, 0.2) is 12.1 Å². The molecule has 2 saturated heterocycles. The van der Waals surface area contributed by atoms with E-state index >= 15 is 0 Å². The summed E-state index contributed by atoms with van der Waals surface area (Å²) in [5, 5.41) is 4.90. The fraction of sp³-hybridized carbons (Fsp3) is 0.733. The number of piperidine rings is 1. The molecular formula is C30H49N5O2+2. The Hall–Kier alpha value is -2.12. The molecule has 7 heteroatoms. The number of ether oxygens (including phenoxy) is 2. The van der Waals surface area contributed by atoms with Crippen molar-refractivity contribution in [2.24, 2.45) is 0 Å². The lowest BCUT2D eigenvalue weighted by atomic mass is 9.88. The zero-order valence-corrected chi connectivity index (χ0v) is 23.4. The Labute approximate surface area is 223 Å². The number of anilines is 1. The molecule has 3 fully saturated rings. The van der Waals surface area contributed by atoms with Crippen LogP contribution in [0.3, 0.4) is 0 Å². The van der Waals surface area contributed by atoms with Crippen LogP contribution < -0.4 is 24.6 Å². The monoisotopic (exact) mass is 511 g/mol. The summed E-state index contributed by atoms with van der Waals surface area (Å²) in [4.78, 5) is 13.7. The second-order valence-corrected chi connectivity index (χ2v) is 11.9. The average Bonchev–Trinajstić information content (AvgIpc) is 3.45. The van der Waals surface area contributed by atoms with Gasteiger partial charge in [-0.1, -0.05) is 19.3 Å². The molecule has 1 aromatic carbocycles. The van der Waals surface area contributed by atoms with Gasteiger partial charge in [-0.2, -0.15) is 0 Å². The lowest BCUT2D eigenvalue weighted by Crippen LogP contribution is -3.16. The maximum Gasteiger partial charge on any atom is 0.163 e. The molecule has 0 atom stereocenters. The third-order valence-electron chi connectivity index (χ3n) is 9.00. The van der Waals surface area contributed by atoms with Crippen LogP contribution in [0.2, 0.25) is 0 Å². The highest BCUT2D eigenvalue weighted by Gasteiger charge is 2.26. The average molecular weight is 512 g/mol. The molecule has 0 amide bonds. The maximum absolute atomic E-state index is 6.28. The number of quaternary nitrogens is 2. The summed E-state index contributed by atoms with van der Waals surface area (Å²) >= 11 is 0. The topological polar surface area (TPSA) is 65.2 Å². The zero-order chi connectivity index (χ0) is 25.6. The molecule has 0 unspecified atom stereocenters. The van der Waals surface area contributed by atoms with Gasteiger partial charge in [-0.15, -0.1) is 0 Å². The minimum atomic E-state index is 0.454. The molecule has 3 heterocycles. The van der Waals surface area contributed by atoms with Gasteiger partial charge in [-0.3, -0.25) is 0 Å². The van der Waals surface area contributed by atoms with Crippen molar-refractivity contribution < 1.29 is 19.3 Å². The van der Waals surface area contributed by atoms with Crippen molar-refractivity contribution in [2.45, 2.75) is 96.1 Å². The van der Waals surface area contributed by atoms with Crippen molar-refractivity contribution in [3.8, 4) is 11.5 Å². The SMILES string of the molecule is COc1cc2c(NC3CC[NH+](C(C)C)CC3)nc(C3CCCCC3)nc2cc1OCCC[NH+]1CCCC1. The van der Waals surface area contributed by atoms with Crippen LogP contribution >= 0.6 is 0 Å². The van der Waals surface area contributed by atoms with E-state index in [0.29, 0.717) is 24.6 Å². The van der Waals surface area contributed by atoms with Crippen LogP contribution in [0.4, 0.5) is 5.82 Å². The number of likely N-dealkylation sites (tertiary alicyclic amines) is 2. The van der Waals surface area contributed by atoms with Crippen LogP contribution in [-0.2, 0) is 0 Å². The molecule has 2 aromatic rings. The summed E-state index contributed by atoms with van der Waals surface area (Å²) in [6.07, 6.45) is 12.4. The quantitative estimate of drug-likeness (QED) is 0.428. The van der Waals surface area contributed by atoms with Crippen molar-refractivity contribution >= 4 is 16.7 Å². The molecule has 204 valence electrons. The molecule has 5 rings (SSSR count). The molecule has 0 radical (unpaired) electrons. The first-order valence-corrected chi connectivity index (χ1v) is 15.1. The Balaban J connectivity index is 1.37. The van der Waals surface area contributed by atoms with E-state index in [-0.39, 0.29) is 0 Å². The second-order valence-electron chi connectivity index (χ2n) is 11.9. The number of aromatic nitrogens is 2. The second kappa shape index (κ2) is 12.6. The van der Waals surface area contributed by atoms with E-state index in [1.54, 1.807) is 16.9 Å². The minimum absolute atomic E-state index is 0.454. The molecule has 37 heavy (non-hydrogen) atoms. The largest absolute Gasteiger partial charge is 0.493 e. The predicted octanol–water partition coefficient (Wildman–Crippen LogP) is 3.00. The maximum atomic E-state index is 6.28. The van der Waals surface area contributed by atoms with Crippen molar-refractivity contribution in [1.82, 2.24) is 9.97 Å². The smallest absolute Gasteiger partial charge is 0.163 e. The van der Waals surface area contributed by atoms with Gasteiger partial charge in [0.25, 0.3) is 0 Å². The van der Waals surface area contributed by atoms with E-state index in [4.69, 9.17) is 19.4 Å². The van der Waals surface area contributed by atoms with E-state index < -0.39 is 0 Å². The van der Waals surface area contributed by atoms with E-state index in [0.717, 1.165) is 40.5 Å². The molecule has 0 spiro atoms. The number of nitrogens with zero attached hydrogens (tertiary/aromatic N) is 2. The molecule has 2 aliphatic heterocycles. The van der Waals surface area contributed by atoms with Gasteiger partial charge in [0, 0.05) is 55.5 Å². The van der Waals surface area contributed by atoms with Gasteiger partial charge in [0.15, 0.2) is 11.5 Å². The molecule has 0 bridgehead atoms. The van der Waals surface area contributed by atoms with Crippen LogP contribution in [0.5, 0.6) is 11.5 Å². The summed E-state index contributed by atoms with van der Waals surface area (Å²) < 4.78 is 12.1. The van der Waals surface area contributed by atoms with Gasteiger partial charge in [-0.25, -0.2) is 9.97 Å². The van der Waals surface area contributed by atoms with Crippen molar-refractivity contribution in [2.75, 3.05) is 51.8 Å². The molecule has 7 nitrogen and oxygen atoms in total. The zero-order valence-electron chi connectivity index (χ0n) is 23.4. The van der Waals surface area contributed by atoms with E-state index in [2.05, 4.69) is 31.3 Å². The lowest BCUT2D eigenvalue weighted by Gasteiger charge is -2.32. The number of fused-ring (bicyclic) bond motifs is 1. The number of benzene rings is 1. The third kappa shape index (κ3) is 6.66. The Kier molecular flexibility index (Phi) is 9.03. The first kappa shape index (κ1) is 26.5. The predicted molar refractivity (Wildman–Crippen MR) is 149 cm³/mol. The highest BCUT2D eigenvalue weighted by atomic mass is 16.5. The van der Waals surface area contributed by atoms with E-state index in [1.807, 2.05) is 0 Å². The van der Waals surface area contributed by atoms with Gasteiger partial charge in [0.1, 0.15) is 11.6 Å². The van der Waals surface area contributed by atoms with E-state index in [1.165, 1.54) is 90.5 Å². The van der Waals surface area contributed by atoms with Crippen LogP contribution in [0, 0.1) is 0 Å². The highest BCUT2D eigenvalue weighted by Crippen LogP contribution is 2.37. The van der Waals surface area contributed by atoms with Gasteiger partial charge in [0.05, 0.1) is 58.0 Å². The van der Waals surface area contributed by atoms with E-state index in [9.17, 15) is 0 Å². The Morgan fingerprint density at radius 2 is 1.68 bits per heavy atom. The van der Waals surface area contributed by atoms with Crippen LogP contribution in [0.25, 0.3) is 10.9 Å². The molecule has 1 aliphatic carbocycles. The number of methoxy groups -OCH3 is 1. The molecule has 3 aliphatic rings. The summed E-state index contributed by atoms with van der Waals surface area (Å²) in [6, 6.07) is 5.34. The van der Waals surface area contributed by atoms with Crippen molar-refractivity contribution in [3.63, 3.8) is 0 Å². The Morgan fingerprint density at radius 1 is 0.919 bits per heavy atom. The van der Waals surface area contributed by atoms with Crippen LogP contribution in [0.1, 0.15) is 89.8 Å². The summed E-state index contributed by atoms with van der Waals surface area (Å²) in [5.41, 5.74) is 0.976. The Bertz CT molecular complexity index is 1010. The summed E-state index contributed by atoms with van der Waals surface area (Å²) in [5.74, 6) is 4.03. The summed E-state index contributed by atoms with van der Waals surface area (Å²) in [6.45, 7) is 11.6. The Morgan fingerprint density at radius 3 is 2.38 bits per heavy atom. The van der Waals surface area contributed by atoms with Crippen molar-refractivity contribution in [1.29, 1.82) is 0 Å².